The molecular weight excluding hydrogens is 332 g/mol. The SMILES string of the molecule is N#CC(C#N)=C(C#N)Nc1ccc2c(O)cc(S(=O)(=O)O)cc2c1. The van der Waals surface area contributed by atoms with Gasteiger partial charge in [0.2, 0.25) is 0 Å². The predicted octanol–water partition coefficient (Wildman–Crippen LogP) is 2.03. The molecule has 2 rings (SSSR count). The van der Waals surface area contributed by atoms with Crippen molar-refractivity contribution in [3.8, 4) is 24.0 Å². The molecule has 2 aromatic rings. The minimum atomic E-state index is -4.51. The molecule has 0 aromatic heterocycles. The highest BCUT2D eigenvalue weighted by molar-refractivity contribution is 7.85. The zero-order valence-corrected chi connectivity index (χ0v) is 12.7. The summed E-state index contributed by atoms with van der Waals surface area (Å²) < 4.78 is 31.5. The van der Waals surface area contributed by atoms with Gasteiger partial charge in [-0.2, -0.15) is 24.2 Å². The first-order valence-electron chi connectivity index (χ1n) is 6.26. The maximum atomic E-state index is 11.2. The zero-order valence-electron chi connectivity index (χ0n) is 11.8. The van der Waals surface area contributed by atoms with Crippen molar-refractivity contribution in [1.82, 2.24) is 0 Å². The number of aromatic hydroxyl groups is 1. The van der Waals surface area contributed by atoms with Crippen molar-refractivity contribution in [3.63, 3.8) is 0 Å². The summed E-state index contributed by atoms with van der Waals surface area (Å²) in [5.74, 6) is -0.350. The number of nitrogens with zero attached hydrogens (tertiary/aromatic N) is 3. The van der Waals surface area contributed by atoms with Gasteiger partial charge >= 0.3 is 0 Å². The van der Waals surface area contributed by atoms with E-state index in [9.17, 15) is 13.5 Å². The molecule has 118 valence electrons. The molecular formula is C15H8N4O4S. The lowest BCUT2D eigenvalue weighted by molar-refractivity contribution is 0.471. The average Bonchev–Trinajstić information content (AvgIpc) is 2.53. The number of fused-ring (bicyclic) bond motifs is 1. The van der Waals surface area contributed by atoms with Crippen molar-refractivity contribution in [2.24, 2.45) is 0 Å². The van der Waals surface area contributed by atoms with Gasteiger partial charge in [-0.05, 0) is 29.7 Å². The van der Waals surface area contributed by atoms with Gasteiger partial charge in [-0.1, -0.05) is 0 Å². The van der Waals surface area contributed by atoms with Crippen LogP contribution in [0.15, 0.2) is 46.5 Å². The topological polar surface area (TPSA) is 158 Å². The second kappa shape index (κ2) is 6.27. The molecule has 0 saturated heterocycles. The largest absolute Gasteiger partial charge is 0.507 e. The van der Waals surface area contributed by atoms with Crippen LogP contribution >= 0.6 is 0 Å². The molecule has 9 heteroatoms. The van der Waals surface area contributed by atoms with E-state index in [1.807, 2.05) is 0 Å². The van der Waals surface area contributed by atoms with E-state index in [1.54, 1.807) is 18.2 Å². The number of nitriles is 3. The minimum Gasteiger partial charge on any atom is -0.507 e. The summed E-state index contributed by atoms with van der Waals surface area (Å²) in [5.41, 5.74) is -0.393. The van der Waals surface area contributed by atoms with Crippen LogP contribution < -0.4 is 5.32 Å². The maximum Gasteiger partial charge on any atom is 0.294 e. The summed E-state index contributed by atoms with van der Waals surface area (Å²) in [6, 6.07) is 11.2. The predicted molar refractivity (Wildman–Crippen MR) is 82.9 cm³/mol. The van der Waals surface area contributed by atoms with Crippen LogP contribution in [0.2, 0.25) is 0 Å². The molecule has 0 aliphatic carbocycles. The van der Waals surface area contributed by atoms with E-state index in [2.05, 4.69) is 5.32 Å². The van der Waals surface area contributed by atoms with Gasteiger partial charge in [-0.3, -0.25) is 4.55 Å². The Morgan fingerprint density at radius 1 is 1.04 bits per heavy atom. The van der Waals surface area contributed by atoms with Crippen LogP contribution in [0.25, 0.3) is 10.8 Å². The Balaban J connectivity index is 2.61. The third kappa shape index (κ3) is 3.26. The third-order valence-corrected chi connectivity index (χ3v) is 3.89. The van der Waals surface area contributed by atoms with Crippen LogP contribution in [0.3, 0.4) is 0 Å². The highest BCUT2D eigenvalue weighted by Gasteiger charge is 2.14. The first-order valence-corrected chi connectivity index (χ1v) is 7.70. The van der Waals surface area contributed by atoms with Crippen LogP contribution in [0.1, 0.15) is 0 Å². The summed E-state index contributed by atoms with van der Waals surface area (Å²) in [6.45, 7) is 0. The number of nitrogens with one attached hydrogen (secondary N) is 1. The van der Waals surface area contributed by atoms with Gasteiger partial charge < -0.3 is 10.4 Å². The Morgan fingerprint density at radius 2 is 1.71 bits per heavy atom. The van der Waals surface area contributed by atoms with Crippen molar-refractivity contribution in [2.75, 3.05) is 5.32 Å². The molecule has 0 unspecified atom stereocenters. The van der Waals surface area contributed by atoms with Gasteiger partial charge in [-0.15, -0.1) is 0 Å². The highest BCUT2D eigenvalue weighted by atomic mass is 32.2. The third-order valence-electron chi connectivity index (χ3n) is 3.06. The molecule has 0 radical (unpaired) electrons. The summed E-state index contributed by atoms with van der Waals surface area (Å²) in [5, 5.41) is 39.6. The zero-order chi connectivity index (χ0) is 17.9. The van der Waals surface area contributed by atoms with E-state index in [-0.39, 0.29) is 22.5 Å². The van der Waals surface area contributed by atoms with Gasteiger partial charge in [0.15, 0.2) is 5.57 Å². The Labute approximate surface area is 136 Å². The Bertz CT molecular complexity index is 1080. The number of rotatable bonds is 3. The smallest absolute Gasteiger partial charge is 0.294 e. The first kappa shape index (κ1) is 16.8. The van der Waals surface area contributed by atoms with Crippen molar-refractivity contribution in [2.45, 2.75) is 4.90 Å². The second-order valence-corrected chi connectivity index (χ2v) is 5.99. The van der Waals surface area contributed by atoms with Crippen LogP contribution in [0, 0.1) is 34.0 Å². The van der Waals surface area contributed by atoms with Crippen molar-refractivity contribution in [1.29, 1.82) is 15.8 Å². The van der Waals surface area contributed by atoms with Crippen molar-refractivity contribution in [3.05, 3.63) is 41.6 Å². The fraction of sp³-hybridized carbons (Fsp3) is 0. The Hall–Kier alpha value is -3.58. The monoisotopic (exact) mass is 340 g/mol. The lowest BCUT2D eigenvalue weighted by atomic mass is 10.1. The van der Waals surface area contributed by atoms with E-state index < -0.39 is 20.6 Å². The van der Waals surface area contributed by atoms with E-state index in [0.29, 0.717) is 5.39 Å². The number of phenols is 1. The van der Waals surface area contributed by atoms with Crippen LogP contribution in [0.5, 0.6) is 5.75 Å². The van der Waals surface area contributed by atoms with E-state index in [0.717, 1.165) is 12.1 Å². The van der Waals surface area contributed by atoms with Gasteiger partial charge in [0.05, 0.1) is 4.90 Å². The summed E-state index contributed by atoms with van der Waals surface area (Å²) in [4.78, 5) is -0.490. The number of allylic oxidation sites excluding steroid dienone is 2. The molecule has 8 nitrogen and oxygen atoms in total. The quantitative estimate of drug-likeness (QED) is 0.565. The first-order chi connectivity index (χ1) is 11.3. The Kier molecular flexibility index (Phi) is 4.38. The van der Waals surface area contributed by atoms with Crippen LogP contribution in [-0.4, -0.2) is 18.1 Å². The molecule has 0 atom stereocenters. The van der Waals surface area contributed by atoms with Gasteiger partial charge in [0, 0.05) is 17.1 Å². The molecule has 0 saturated carbocycles. The molecule has 0 spiro atoms. The van der Waals surface area contributed by atoms with E-state index >= 15 is 0 Å². The molecule has 0 amide bonds. The van der Waals surface area contributed by atoms with Crippen molar-refractivity contribution >= 4 is 26.6 Å². The summed E-state index contributed by atoms with van der Waals surface area (Å²) in [6.07, 6.45) is 0. The van der Waals surface area contributed by atoms with Gasteiger partial charge in [0.1, 0.15) is 29.7 Å². The number of hydrogen-bond donors (Lipinski definition) is 3. The van der Waals surface area contributed by atoms with E-state index in [4.69, 9.17) is 20.3 Å². The average molecular weight is 340 g/mol. The maximum absolute atomic E-state index is 11.2. The standard InChI is InChI=1S/C15H8N4O4S/c16-6-10(7-17)14(8-18)19-11-1-2-13-9(3-11)4-12(5-15(13)20)24(21,22)23/h1-5,19-20H,(H,21,22,23). The Morgan fingerprint density at radius 3 is 2.25 bits per heavy atom. The lowest BCUT2D eigenvalue weighted by Gasteiger charge is -2.08. The molecule has 24 heavy (non-hydrogen) atoms. The number of hydrogen-bond acceptors (Lipinski definition) is 7. The fourth-order valence-electron chi connectivity index (χ4n) is 1.98. The summed E-state index contributed by atoms with van der Waals surface area (Å²) in [7, 11) is -4.51. The molecule has 0 heterocycles. The number of anilines is 1. The summed E-state index contributed by atoms with van der Waals surface area (Å²) >= 11 is 0. The lowest BCUT2D eigenvalue weighted by Crippen LogP contribution is -2.01. The molecule has 0 aliphatic rings. The molecule has 0 fully saturated rings. The number of benzene rings is 2. The van der Waals surface area contributed by atoms with Gasteiger partial charge in [0.25, 0.3) is 10.1 Å². The van der Waals surface area contributed by atoms with Crippen LogP contribution in [-0.2, 0) is 10.1 Å². The molecule has 3 N–H and O–H groups in total. The normalized spacial score (nSPS) is 10.2. The minimum absolute atomic E-state index is 0.264. The van der Waals surface area contributed by atoms with Gasteiger partial charge in [-0.25, -0.2) is 0 Å². The molecule has 0 aliphatic heterocycles. The fourth-order valence-corrected chi connectivity index (χ4v) is 2.51. The highest BCUT2D eigenvalue weighted by Crippen LogP contribution is 2.31. The molecule has 2 aromatic carbocycles. The second-order valence-electron chi connectivity index (χ2n) is 4.56. The molecule has 0 bridgehead atoms. The number of phenolic OH excluding ortho intramolecular Hbond substituents is 1. The van der Waals surface area contributed by atoms with Crippen LogP contribution in [0.4, 0.5) is 5.69 Å². The van der Waals surface area contributed by atoms with Crippen molar-refractivity contribution < 1.29 is 18.1 Å². The van der Waals surface area contributed by atoms with E-state index in [1.165, 1.54) is 18.2 Å².